The van der Waals surface area contributed by atoms with Gasteiger partial charge in [-0.25, -0.2) is 0 Å². The largest absolute Gasteiger partial charge is 0.358 e. The van der Waals surface area contributed by atoms with Crippen molar-refractivity contribution in [1.29, 1.82) is 0 Å². The van der Waals surface area contributed by atoms with Crippen LogP contribution in [0.15, 0.2) is 42.5 Å². The molecule has 0 spiro atoms. The van der Waals surface area contributed by atoms with E-state index in [2.05, 4.69) is 10.3 Å². The Kier molecular flexibility index (Phi) is 5.66. The van der Waals surface area contributed by atoms with E-state index in [1.165, 1.54) is 0 Å². The Morgan fingerprint density at radius 3 is 2.54 bits per heavy atom. The molecular formula is C23H27N3O2. The topological polar surface area (TPSA) is 65.2 Å². The maximum absolute atomic E-state index is 13.1. The van der Waals surface area contributed by atoms with Crippen LogP contribution in [0.5, 0.6) is 0 Å². The minimum Gasteiger partial charge on any atom is -0.358 e. The molecule has 0 saturated carbocycles. The molecule has 0 bridgehead atoms. The highest BCUT2D eigenvalue weighted by Gasteiger charge is 2.25. The lowest BCUT2D eigenvalue weighted by atomic mass is 10.0. The number of benzene rings is 2. The standard InChI is InChI=1S/C23H27N3O2/c1-14-9-8-12-19(15(14)2)25-21(27)13-26(5)17(4)23(28)22-16(3)24-20-11-7-6-10-18(20)22/h6-12,17,24H,13H2,1-5H3,(H,25,27)/t17-/m1/s1. The molecule has 5 nitrogen and oxygen atoms in total. The van der Waals surface area contributed by atoms with E-state index in [-0.39, 0.29) is 18.2 Å². The molecule has 1 amide bonds. The number of ketones is 1. The van der Waals surface area contributed by atoms with Gasteiger partial charge in [-0.05, 0) is 58.0 Å². The van der Waals surface area contributed by atoms with Crippen molar-refractivity contribution in [2.75, 3.05) is 18.9 Å². The summed E-state index contributed by atoms with van der Waals surface area (Å²) >= 11 is 0. The zero-order chi connectivity index (χ0) is 20.4. The predicted octanol–water partition coefficient (Wildman–Crippen LogP) is 4.23. The van der Waals surface area contributed by atoms with Gasteiger partial charge in [0.25, 0.3) is 0 Å². The highest BCUT2D eigenvalue weighted by Crippen LogP contribution is 2.24. The van der Waals surface area contributed by atoms with Crippen molar-refractivity contribution in [1.82, 2.24) is 9.88 Å². The Morgan fingerprint density at radius 2 is 1.79 bits per heavy atom. The van der Waals surface area contributed by atoms with Gasteiger partial charge in [0, 0.05) is 27.8 Å². The summed E-state index contributed by atoms with van der Waals surface area (Å²) in [5.74, 6) is -0.122. The maximum atomic E-state index is 13.1. The van der Waals surface area contributed by atoms with Gasteiger partial charge >= 0.3 is 0 Å². The van der Waals surface area contributed by atoms with Gasteiger partial charge < -0.3 is 10.3 Å². The Bertz CT molecular complexity index is 1040. The third-order valence-corrected chi connectivity index (χ3v) is 5.45. The summed E-state index contributed by atoms with van der Waals surface area (Å²) < 4.78 is 0. The van der Waals surface area contributed by atoms with Crippen LogP contribution in [0.3, 0.4) is 0 Å². The third kappa shape index (κ3) is 3.85. The van der Waals surface area contributed by atoms with Crippen LogP contribution in [0, 0.1) is 20.8 Å². The lowest BCUT2D eigenvalue weighted by molar-refractivity contribution is -0.117. The SMILES string of the molecule is Cc1cccc(NC(=O)CN(C)[C@H](C)C(=O)c2c(C)[nH]c3ccccc23)c1C. The first-order valence-electron chi connectivity index (χ1n) is 9.47. The van der Waals surface area contributed by atoms with E-state index in [1.807, 2.05) is 70.2 Å². The van der Waals surface area contributed by atoms with Gasteiger partial charge in [-0.2, -0.15) is 0 Å². The van der Waals surface area contributed by atoms with Crippen LogP contribution in [0.1, 0.15) is 34.1 Å². The number of nitrogens with one attached hydrogen (secondary N) is 2. The Labute approximate surface area is 165 Å². The predicted molar refractivity (Wildman–Crippen MR) is 114 cm³/mol. The van der Waals surface area contributed by atoms with Crippen LogP contribution in [0.4, 0.5) is 5.69 Å². The van der Waals surface area contributed by atoms with Crippen molar-refractivity contribution in [3.05, 3.63) is 64.8 Å². The minimum absolute atomic E-state index is 0.0111. The van der Waals surface area contributed by atoms with Crippen molar-refractivity contribution in [2.24, 2.45) is 0 Å². The fourth-order valence-corrected chi connectivity index (χ4v) is 3.44. The zero-order valence-corrected chi connectivity index (χ0v) is 17.1. The number of aromatic nitrogens is 1. The number of hydrogen-bond donors (Lipinski definition) is 2. The average Bonchev–Trinajstić information content (AvgIpc) is 2.99. The van der Waals surface area contributed by atoms with E-state index < -0.39 is 6.04 Å². The second-order valence-electron chi connectivity index (χ2n) is 7.42. The molecule has 0 aliphatic carbocycles. The van der Waals surface area contributed by atoms with Crippen molar-refractivity contribution in [2.45, 2.75) is 33.7 Å². The second-order valence-corrected chi connectivity index (χ2v) is 7.42. The van der Waals surface area contributed by atoms with Gasteiger partial charge in [0.2, 0.25) is 5.91 Å². The average molecular weight is 377 g/mol. The van der Waals surface area contributed by atoms with Crippen LogP contribution in [0.25, 0.3) is 10.9 Å². The number of nitrogens with zero attached hydrogens (tertiary/aromatic N) is 1. The lowest BCUT2D eigenvalue weighted by Crippen LogP contribution is -2.41. The van der Waals surface area contributed by atoms with Crippen molar-refractivity contribution >= 4 is 28.3 Å². The van der Waals surface area contributed by atoms with Crippen molar-refractivity contribution < 1.29 is 9.59 Å². The number of likely N-dealkylation sites (N-methyl/N-ethyl adjacent to an activating group) is 1. The summed E-state index contributed by atoms with van der Waals surface area (Å²) in [6.45, 7) is 7.89. The molecule has 28 heavy (non-hydrogen) atoms. The summed E-state index contributed by atoms with van der Waals surface area (Å²) in [5, 5.41) is 3.87. The van der Waals surface area contributed by atoms with E-state index >= 15 is 0 Å². The quantitative estimate of drug-likeness (QED) is 0.632. The molecule has 0 unspecified atom stereocenters. The zero-order valence-electron chi connectivity index (χ0n) is 17.1. The van der Waals surface area contributed by atoms with Crippen molar-refractivity contribution in [3.63, 3.8) is 0 Å². The van der Waals surface area contributed by atoms with E-state index in [4.69, 9.17) is 0 Å². The van der Waals surface area contributed by atoms with Gasteiger partial charge in [0.05, 0.1) is 12.6 Å². The number of fused-ring (bicyclic) bond motifs is 1. The third-order valence-electron chi connectivity index (χ3n) is 5.45. The second kappa shape index (κ2) is 7.98. The number of H-pyrrole nitrogens is 1. The summed E-state index contributed by atoms with van der Waals surface area (Å²) in [4.78, 5) is 30.7. The molecule has 3 rings (SSSR count). The number of hydrogen-bond acceptors (Lipinski definition) is 3. The van der Waals surface area contributed by atoms with E-state index in [0.29, 0.717) is 5.56 Å². The van der Waals surface area contributed by atoms with Crippen LogP contribution in [0.2, 0.25) is 0 Å². The molecule has 1 heterocycles. The number of carbonyl (C=O) groups is 2. The number of aromatic amines is 1. The van der Waals surface area contributed by atoms with E-state index in [9.17, 15) is 9.59 Å². The van der Waals surface area contributed by atoms with E-state index in [1.54, 1.807) is 11.9 Å². The molecular weight excluding hydrogens is 350 g/mol. The summed E-state index contributed by atoms with van der Waals surface area (Å²) in [6.07, 6.45) is 0. The number of amides is 1. The van der Waals surface area contributed by atoms with Gasteiger partial charge in [0.15, 0.2) is 5.78 Å². The summed E-state index contributed by atoms with van der Waals surface area (Å²) in [6, 6.07) is 13.2. The summed E-state index contributed by atoms with van der Waals surface area (Å²) in [7, 11) is 1.80. The first-order valence-corrected chi connectivity index (χ1v) is 9.47. The molecule has 0 fully saturated rings. The number of anilines is 1. The molecule has 1 atom stereocenters. The van der Waals surface area contributed by atoms with Crippen molar-refractivity contribution in [3.8, 4) is 0 Å². The molecule has 1 aromatic heterocycles. The van der Waals surface area contributed by atoms with Gasteiger partial charge in [-0.15, -0.1) is 0 Å². The summed E-state index contributed by atoms with van der Waals surface area (Å²) in [5.41, 5.74) is 5.49. The van der Waals surface area contributed by atoms with Gasteiger partial charge in [-0.3, -0.25) is 14.5 Å². The van der Waals surface area contributed by atoms with Crippen LogP contribution < -0.4 is 5.32 Å². The molecule has 2 aromatic carbocycles. The maximum Gasteiger partial charge on any atom is 0.238 e. The number of carbonyl (C=O) groups excluding carboxylic acids is 2. The Hall–Kier alpha value is -2.92. The van der Waals surface area contributed by atoms with Gasteiger partial charge in [0.1, 0.15) is 0 Å². The van der Waals surface area contributed by atoms with Crippen LogP contribution in [-0.4, -0.2) is 41.2 Å². The van der Waals surface area contributed by atoms with Crippen LogP contribution in [-0.2, 0) is 4.79 Å². The van der Waals surface area contributed by atoms with Gasteiger partial charge in [-0.1, -0.05) is 30.3 Å². The number of Topliss-reactive ketones (excluding diaryl/α,β-unsaturated/α-hetero) is 1. The highest BCUT2D eigenvalue weighted by atomic mass is 16.2. The fourth-order valence-electron chi connectivity index (χ4n) is 3.44. The molecule has 146 valence electrons. The fraction of sp³-hybridized carbons (Fsp3) is 0.304. The Balaban J connectivity index is 1.72. The first-order chi connectivity index (χ1) is 13.3. The molecule has 5 heteroatoms. The molecule has 3 aromatic rings. The number of rotatable bonds is 6. The van der Waals surface area contributed by atoms with E-state index in [0.717, 1.165) is 33.4 Å². The first kappa shape index (κ1) is 19.8. The highest BCUT2D eigenvalue weighted by molar-refractivity contribution is 6.11. The normalized spacial score (nSPS) is 12.4. The number of para-hydroxylation sites is 1. The number of aryl methyl sites for hydroxylation is 2. The minimum atomic E-state index is -0.415. The smallest absolute Gasteiger partial charge is 0.238 e. The Morgan fingerprint density at radius 1 is 1.07 bits per heavy atom. The molecule has 0 aliphatic rings. The molecule has 0 saturated heterocycles. The van der Waals surface area contributed by atoms with Crippen LogP contribution >= 0.6 is 0 Å². The monoisotopic (exact) mass is 377 g/mol. The molecule has 0 aliphatic heterocycles. The molecule has 2 N–H and O–H groups in total. The molecule has 0 radical (unpaired) electrons. The lowest BCUT2D eigenvalue weighted by Gasteiger charge is -2.23.